The molecule has 0 radical (unpaired) electrons. The number of benzene rings is 2. The molecule has 15 nitrogen and oxygen atoms in total. The van der Waals surface area contributed by atoms with Gasteiger partial charge in [-0.1, -0.05) is 13.0 Å². The first-order chi connectivity index (χ1) is 28.2. The number of amides is 3. The van der Waals surface area contributed by atoms with E-state index in [0.29, 0.717) is 61.1 Å². The van der Waals surface area contributed by atoms with E-state index in [4.69, 9.17) is 5.41 Å². The average Bonchev–Trinajstić information content (AvgIpc) is 3.55. The van der Waals surface area contributed by atoms with Crippen molar-refractivity contribution in [1.82, 2.24) is 34.3 Å². The lowest BCUT2D eigenvalue weighted by molar-refractivity contribution is -0.120. The highest BCUT2D eigenvalue weighted by atomic mass is 32.2. The number of hydrogen-bond donors (Lipinski definition) is 4. The summed E-state index contributed by atoms with van der Waals surface area (Å²) in [6, 6.07) is 13.5. The van der Waals surface area contributed by atoms with Crippen LogP contribution >= 0.6 is 0 Å². The number of likely N-dealkylation sites (tertiary alicyclic amines) is 1. The third-order valence-electron chi connectivity index (χ3n) is 11.4. The quantitative estimate of drug-likeness (QED) is 0.136. The molecule has 0 saturated carbocycles. The zero-order valence-electron chi connectivity index (χ0n) is 33.1. The molecule has 3 aliphatic heterocycles. The van der Waals surface area contributed by atoms with Gasteiger partial charge in [0.15, 0.2) is 5.82 Å². The standard InChI is InChI=1S/C40H47F3N12O3S/c1-24(23-53-13-8-25(9-14-53)26-5-7-31-33(20-26)52(3)51-37(31)55-17-12-34(56)49-39(55)57)18-28-19-30(6-4-27(28)21-44)59(58)54-15-10-29(11-16-54)48-38-47-22-32(36(46-2)50-38)35(45)40(41,42)43/h4-7,19-20,22,24-25,29,45H,8-18,23H2,1-3H3,(H,49,56,57)(H2,46,47,48,50). The number of nitriles is 1. The Labute approximate surface area is 342 Å². The van der Waals surface area contributed by atoms with E-state index >= 15 is 0 Å². The van der Waals surface area contributed by atoms with Crippen molar-refractivity contribution in [2.45, 2.75) is 68.5 Å². The summed E-state index contributed by atoms with van der Waals surface area (Å²) >= 11 is 0. The molecule has 0 aliphatic carbocycles. The number of aryl methyl sites for hydroxylation is 1. The number of imide groups is 1. The number of hydrogen-bond acceptors (Lipinski definition) is 11. The number of rotatable bonds is 12. The predicted molar refractivity (Wildman–Crippen MR) is 218 cm³/mol. The smallest absolute Gasteiger partial charge is 0.372 e. The largest absolute Gasteiger partial charge is 0.433 e. The topological polar surface area (TPSA) is 188 Å². The van der Waals surface area contributed by atoms with Crippen LogP contribution in [0.5, 0.6) is 0 Å². The molecule has 312 valence electrons. The number of aromatic nitrogens is 4. The molecule has 3 saturated heterocycles. The first-order valence-electron chi connectivity index (χ1n) is 19.7. The fraction of sp³-hybridized carbons (Fsp3) is 0.475. The lowest BCUT2D eigenvalue weighted by atomic mass is 9.88. The minimum absolute atomic E-state index is 0.0912. The lowest BCUT2D eigenvalue weighted by Gasteiger charge is -2.34. The summed E-state index contributed by atoms with van der Waals surface area (Å²) in [6.45, 7) is 6.20. The third kappa shape index (κ3) is 9.24. The van der Waals surface area contributed by atoms with E-state index in [1.165, 1.54) is 17.5 Å². The number of piperidine rings is 2. The first-order valence-corrected chi connectivity index (χ1v) is 20.8. The molecule has 5 heterocycles. The van der Waals surface area contributed by atoms with Crippen LogP contribution in [-0.2, 0) is 29.2 Å². The van der Waals surface area contributed by atoms with Crippen molar-refractivity contribution in [2.75, 3.05) is 61.8 Å². The van der Waals surface area contributed by atoms with Gasteiger partial charge in [0.05, 0.1) is 27.6 Å². The number of anilines is 3. The number of carbonyl (C=O) groups excluding carboxylic acids is 2. The maximum absolute atomic E-state index is 13.8. The number of alkyl halides is 3. The summed E-state index contributed by atoms with van der Waals surface area (Å²) in [4.78, 5) is 37.0. The van der Waals surface area contributed by atoms with E-state index < -0.39 is 34.5 Å². The van der Waals surface area contributed by atoms with Crippen molar-refractivity contribution < 1.29 is 27.0 Å². The maximum Gasteiger partial charge on any atom is 0.433 e. The highest BCUT2D eigenvalue weighted by Gasteiger charge is 2.37. The van der Waals surface area contributed by atoms with Crippen molar-refractivity contribution in [2.24, 2.45) is 13.0 Å². The van der Waals surface area contributed by atoms with Gasteiger partial charge in [-0.05, 0) is 98.5 Å². The summed E-state index contributed by atoms with van der Waals surface area (Å²) < 4.78 is 56.8. The molecule has 0 spiro atoms. The van der Waals surface area contributed by atoms with Gasteiger partial charge in [-0.3, -0.25) is 25.1 Å². The zero-order chi connectivity index (χ0) is 42.0. The summed E-state index contributed by atoms with van der Waals surface area (Å²) in [5, 5.41) is 31.0. The van der Waals surface area contributed by atoms with Crippen molar-refractivity contribution in [3.63, 3.8) is 0 Å². The number of carbonyl (C=O) groups is 2. The van der Waals surface area contributed by atoms with E-state index in [9.17, 15) is 32.2 Å². The molecule has 0 bridgehead atoms. The minimum atomic E-state index is -4.82. The zero-order valence-corrected chi connectivity index (χ0v) is 33.9. The van der Waals surface area contributed by atoms with E-state index in [0.717, 1.165) is 55.1 Å². The van der Waals surface area contributed by atoms with Crippen LogP contribution in [0.4, 0.5) is 35.5 Å². The molecule has 59 heavy (non-hydrogen) atoms. The summed E-state index contributed by atoms with van der Waals surface area (Å²) in [5.41, 5.74) is 1.65. The third-order valence-corrected chi connectivity index (χ3v) is 12.9. The van der Waals surface area contributed by atoms with Crippen molar-refractivity contribution >= 4 is 57.1 Å². The van der Waals surface area contributed by atoms with E-state index in [1.807, 2.05) is 23.5 Å². The molecule has 3 amide bonds. The second-order valence-corrected chi connectivity index (χ2v) is 17.0. The second kappa shape index (κ2) is 17.4. The van der Waals surface area contributed by atoms with Crippen LogP contribution in [-0.4, -0.2) is 109 Å². The van der Waals surface area contributed by atoms with E-state index in [1.54, 1.807) is 16.8 Å². The second-order valence-electron chi connectivity index (χ2n) is 15.5. The van der Waals surface area contributed by atoms with Gasteiger partial charge in [0.2, 0.25) is 11.9 Å². The summed E-state index contributed by atoms with van der Waals surface area (Å²) in [7, 11) is 1.84. The van der Waals surface area contributed by atoms with Gasteiger partial charge in [0.1, 0.15) is 22.5 Å². The molecular formula is C40H47F3N12O3S. The van der Waals surface area contributed by atoms with Crippen LogP contribution in [0.15, 0.2) is 47.5 Å². The molecule has 2 atom stereocenters. The van der Waals surface area contributed by atoms with Gasteiger partial charge < -0.3 is 15.5 Å². The van der Waals surface area contributed by atoms with Crippen LogP contribution < -0.4 is 20.9 Å². The van der Waals surface area contributed by atoms with Gasteiger partial charge in [-0.2, -0.15) is 28.5 Å². The molecule has 3 fully saturated rings. The van der Waals surface area contributed by atoms with Crippen molar-refractivity contribution in [3.8, 4) is 6.07 Å². The predicted octanol–water partition coefficient (Wildman–Crippen LogP) is 5.31. The van der Waals surface area contributed by atoms with E-state index in [2.05, 4.69) is 61.0 Å². The molecule has 4 aromatic rings. The Morgan fingerprint density at radius 2 is 1.83 bits per heavy atom. The molecule has 19 heteroatoms. The van der Waals surface area contributed by atoms with Crippen LogP contribution in [0.25, 0.3) is 10.9 Å². The van der Waals surface area contributed by atoms with Crippen molar-refractivity contribution in [1.29, 1.82) is 10.7 Å². The fourth-order valence-corrected chi connectivity index (χ4v) is 9.50. The Morgan fingerprint density at radius 1 is 1.08 bits per heavy atom. The van der Waals surface area contributed by atoms with Crippen LogP contribution in [0, 0.1) is 22.7 Å². The number of fused-ring (bicyclic) bond motifs is 1. The summed E-state index contributed by atoms with van der Waals surface area (Å²) in [5.74, 6) is 0.944. The van der Waals surface area contributed by atoms with Gasteiger partial charge in [0.25, 0.3) is 0 Å². The minimum Gasteiger partial charge on any atom is -0.372 e. The maximum atomic E-state index is 13.8. The normalized spacial score (nSPS) is 18.7. The Balaban J connectivity index is 0.909. The van der Waals surface area contributed by atoms with Crippen molar-refractivity contribution in [3.05, 3.63) is 64.8 Å². The van der Waals surface area contributed by atoms with Crippen LogP contribution in [0.2, 0.25) is 0 Å². The SMILES string of the molecule is CNc1nc(NC2CCN(S(=O)c3ccc(C#N)c(CC(C)CN4CCC(c5ccc6c(N7CCC(=O)NC7=O)nn(C)c6c5)CC4)c3)CC2)ncc1C(=N)C(F)(F)F. The highest BCUT2D eigenvalue weighted by molar-refractivity contribution is 7.82. The van der Waals surface area contributed by atoms with Gasteiger partial charge in [-0.25, -0.2) is 18.3 Å². The number of urea groups is 1. The number of nitrogens with one attached hydrogen (secondary N) is 4. The number of nitrogens with zero attached hydrogens (tertiary/aromatic N) is 8. The van der Waals surface area contributed by atoms with Gasteiger partial charge in [-0.15, -0.1) is 0 Å². The van der Waals surface area contributed by atoms with E-state index in [-0.39, 0.29) is 36.1 Å². The number of halogens is 3. The Kier molecular flexibility index (Phi) is 12.3. The van der Waals surface area contributed by atoms with Gasteiger partial charge in [0, 0.05) is 64.3 Å². The molecule has 2 aromatic heterocycles. The molecule has 4 N–H and O–H groups in total. The van der Waals surface area contributed by atoms with Crippen LogP contribution in [0.1, 0.15) is 67.2 Å². The molecule has 3 aliphatic rings. The molecular weight excluding hydrogens is 786 g/mol. The average molecular weight is 833 g/mol. The Morgan fingerprint density at radius 3 is 2.51 bits per heavy atom. The van der Waals surface area contributed by atoms with Crippen LogP contribution in [0.3, 0.4) is 0 Å². The Bertz CT molecular complexity index is 2310. The molecule has 7 rings (SSSR count). The first kappa shape index (κ1) is 41.7. The molecule has 2 aromatic carbocycles. The monoisotopic (exact) mass is 832 g/mol. The fourth-order valence-electron chi connectivity index (χ4n) is 8.24. The lowest BCUT2D eigenvalue weighted by Crippen LogP contribution is -2.49. The highest BCUT2D eigenvalue weighted by Crippen LogP contribution is 2.34. The molecule has 2 unspecified atom stereocenters. The van der Waals surface area contributed by atoms with Gasteiger partial charge >= 0.3 is 12.2 Å². The Hall–Kier alpha value is -5.45. The summed E-state index contributed by atoms with van der Waals surface area (Å²) in [6.07, 6.45) is 0.250.